The van der Waals surface area contributed by atoms with Crippen LogP contribution in [0.15, 0.2) is 24.3 Å². The van der Waals surface area contributed by atoms with Crippen LogP contribution in [0.25, 0.3) is 10.9 Å². The number of aromatic nitrogens is 1. The zero-order valence-corrected chi connectivity index (χ0v) is 9.61. The van der Waals surface area contributed by atoms with Crippen LogP contribution in [0.4, 0.5) is 4.39 Å². The van der Waals surface area contributed by atoms with Crippen molar-refractivity contribution < 1.29 is 19.1 Å². The summed E-state index contributed by atoms with van der Waals surface area (Å²) in [5.41, 5.74) is 0.798. The maximum Gasteiger partial charge on any atom is 0.322 e. The van der Waals surface area contributed by atoms with E-state index in [0.29, 0.717) is 10.9 Å². The Morgan fingerprint density at radius 3 is 2.78 bits per heavy atom. The molecule has 0 aliphatic rings. The first kappa shape index (κ1) is 12.1. The largest absolute Gasteiger partial charge is 0.480 e. The van der Waals surface area contributed by atoms with E-state index in [9.17, 15) is 14.0 Å². The smallest absolute Gasteiger partial charge is 0.322 e. The molecule has 6 heteroatoms. The summed E-state index contributed by atoms with van der Waals surface area (Å²) in [6.45, 7) is -0.469. The Bertz CT molecular complexity index is 634. The molecule has 0 saturated heterocycles. The molecular formula is C12H11FN2O3. The monoisotopic (exact) mass is 250 g/mol. The van der Waals surface area contributed by atoms with Crippen LogP contribution in [0.3, 0.4) is 0 Å². The zero-order chi connectivity index (χ0) is 13.3. The summed E-state index contributed by atoms with van der Waals surface area (Å²) in [7, 11) is 1.62. The molecular weight excluding hydrogens is 239 g/mol. The number of carboxylic acids is 1. The summed E-state index contributed by atoms with van der Waals surface area (Å²) in [5.74, 6) is -2.09. The van der Waals surface area contributed by atoms with E-state index in [2.05, 4.69) is 5.32 Å². The van der Waals surface area contributed by atoms with Gasteiger partial charge in [0.05, 0.1) is 5.52 Å². The number of halogens is 1. The molecule has 18 heavy (non-hydrogen) atoms. The van der Waals surface area contributed by atoms with Crippen LogP contribution in [0, 0.1) is 5.82 Å². The fraction of sp³-hybridized carbons (Fsp3) is 0.167. The number of nitrogens with zero attached hydrogens (tertiary/aromatic N) is 1. The third-order valence-corrected chi connectivity index (χ3v) is 2.67. The van der Waals surface area contributed by atoms with Crippen molar-refractivity contribution in [1.29, 1.82) is 0 Å². The van der Waals surface area contributed by atoms with Crippen LogP contribution in [0.5, 0.6) is 0 Å². The second-order valence-electron chi connectivity index (χ2n) is 3.84. The topological polar surface area (TPSA) is 71.3 Å². The van der Waals surface area contributed by atoms with Crippen molar-refractivity contribution in [2.24, 2.45) is 7.05 Å². The number of carbonyl (C=O) groups excluding carboxylic acids is 1. The number of rotatable bonds is 3. The van der Waals surface area contributed by atoms with Crippen molar-refractivity contribution >= 4 is 22.8 Å². The van der Waals surface area contributed by atoms with Gasteiger partial charge in [-0.1, -0.05) is 6.07 Å². The Morgan fingerprint density at radius 2 is 2.17 bits per heavy atom. The molecule has 1 heterocycles. The van der Waals surface area contributed by atoms with Crippen molar-refractivity contribution in [3.05, 3.63) is 35.8 Å². The predicted octanol–water partition coefficient (Wildman–Crippen LogP) is 1.13. The van der Waals surface area contributed by atoms with Gasteiger partial charge >= 0.3 is 5.97 Å². The standard InChI is InChI=1S/C12H11FN2O3/c1-15-9-4-2-3-8(13)7(9)5-10(15)12(18)14-6-11(16)17/h2-5H,6H2,1H3,(H,14,18)(H,16,17). The molecule has 0 spiro atoms. The van der Waals surface area contributed by atoms with E-state index in [1.54, 1.807) is 19.2 Å². The molecule has 0 aliphatic heterocycles. The number of benzene rings is 1. The lowest BCUT2D eigenvalue weighted by atomic mass is 10.2. The lowest BCUT2D eigenvalue weighted by Gasteiger charge is -2.04. The van der Waals surface area contributed by atoms with E-state index >= 15 is 0 Å². The van der Waals surface area contributed by atoms with Crippen molar-refractivity contribution in [3.8, 4) is 0 Å². The summed E-state index contributed by atoms with van der Waals surface area (Å²) < 4.78 is 15.0. The number of carbonyl (C=O) groups is 2. The van der Waals surface area contributed by atoms with Gasteiger partial charge in [-0.3, -0.25) is 9.59 Å². The van der Waals surface area contributed by atoms with E-state index in [1.807, 2.05) is 0 Å². The molecule has 1 aromatic carbocycles. The molecule has 0 fully saturated rings. The Balaban J connectivity index is 2.40. The van der Waals surface area contributed by atoms with Crippen molar-refractivity contribution in [2.45, 2.75) is 0 Å². The molecule has 2 rings (SSSR count). The molecule has 0 aliphatic carbocycles. The molecule has 1 amide bonds. The maximum atomic E-state index is 13.5. The van der Waals surface area contributed by atoms with Gasteiger partial charge in [-0.05, 0) is 18.2 Å². The zero-order valence-electron chi connectivity index (χ0n) is 9.61. The van der Waals surface area contributed by atoms with Gasteiger partial charge < -0.3 is 15.0 Å². The highest BCUT2D eigenvalue weighted by atomic mass is 19.1. The van der Waals surface area contributed by atoms with Gasteiger partial charge in [-0.2, -0.15) is 0 Å². The molecule has 0 saturated carbocycles. The van der Waals surface area contributed by atoms with E-state index in [-0.39, 0.29) is 5.69 Å². The van der Waals surface area contributed by atoms with Gasteiger partial charge in [0.1, 0.15) is 18.1 Å². The highest BCUT2D eigenvalue weighted by Gasteiger charge is 2.15. The summed E-state index contributed by atoms with van der Waals surface area (Å²) in [6.07, 6.45) is 0. The Labute approximate surface area is 102 Å². The second-order valence-corrected chi connectivity index (χ2v) is 3.84. The maximum absolute atomic E-state index is 13.5. The number of fused-ring (bicyclic) bond motifs is 1. The van der Waals surface area contributed by atoms with Crippen molar-refractivity contribution in [3.63, 3.8) is 0 Å². The first-order valence-corrected chi connectivity index (χ1v) is 5.24. The van der Waals surface area contributed by atoms with E-state index in [0.717, 1.165) is 0 Å². The number of aryl methyl sites for hydroxylation is 1. The number of aliphatic carboxylic acids is 1. The van der Waals surface area contributed by atoms with E-state index < -0.39 is 24.2 Å². The minimum atomic E-state index is -1.13. The van der Waals surface area contributed by atoms with Crippen LogP contribution in [-0.2, 0) is 11.8 Å². The predicted molar refractivity (Wildman–Crippen MR) is 62.8 cm³/mol. The molecule has 0 radical (unpaired) electrons. The third-order valence-electron chi connectivity index (χ3n) is 2.67. The molecule has 2 aromatic rings. The minimum absolute atomic E-state index is 0.219. The number of hydrogen-bond donors (Lipinski definition) is 2. The second kappa shape index (κ2) is 4.48. The van der Waals surface area contributed by atoms with Crippen molar-refractivity contribution in [2.75, 3.05) is 6.54 Å². The summed E-state index contributed by atoms with van der Waals surface area (Å²) in [5, 5.41) is 11.1. The van der Waals surface area contributed by atoms with E-state index in [1.165, 1.54) is 16.7 Å². The summed E-state index contributed by atoms with van der Waals surface area (Å²) >= 11 is 0. The molecule has 0 atom stereocenters. The van der Waals surface area contributed by atoms with E-state index in [4.69, 9.17) is 5.11 Å². The normalized spacial score (nSPS) is 10.6. The van der Waals surface area contributed by atoms with Gasteiger partial charge in [0.25, 0.3) is 5.91 Å². The van der Waals surface area contributed by atoms with Gasteiger partial charge in [-0.25, -0.2) is 4.39 Å². The highest BCUT2D eigenvalue weighted by Crippen LogP contribution is 2.21. The lowest BCUT2D eigenvalue weighted by molar-refractivity contribution is -0.135. The van der Waals surface area contributed by atoms with Gasteiger partial charge in [-0.15, -0.1) is 0 Å². The molecule has 2 N–H and O–H groups in total. The molecule has 1 aromatic heterocycles. The first-order chi connectivity index (χ1) is 8.50. The Kier molecular flexibility index (Phi) is 3.01. The number of amides is 1. The van der Waals surface area contributed by atoms with Gasteiger partial charge in [0.2, 0.25) is 0 Å². The molecule has 5 nitrogen and oxygen atoms in total. The lowest BCUT2D eigenvalue weighted by Crippen LogP contribution is -2.30. The Hall–Kier alpha value is -2.37. The van der Waals surface area contributed by atoms with Crippen molar-refractivity contribution in [1.82, 2.24) is 9.88 Å². The third kappa shape index (κ3) is 2.04. The SMILES string of the molecule is Cn1c(C(=O)NCC(=O)O)cc2c(F)cccc21. The quantitative estimate of drug-likeness (QED) is 0.857. The highest BCUT2D eigenvalue weighted by molar-refractivity contribution is 5.99. The first-order valence-electron chi connectivity index (χ1n) is 5.24. The average Bonchev–Trinajstić information content (AvgIpc) is 2.66. The molecule has 94 valence electrons. The minimum Gasteiger partial charge on any atom is -0.480 e. The van der Waals surface area contributed by atoms with Gasteiger partial charge in [0.15, 0.2) is 0 Å². The summed E-state index contributed by atoms with van der Waals surface area (Å²) in [6, 6.07) is 5.95. The molecule has 0 bridgehead atoms. The fourth-order valence-electron chi connectivity index (χ4n) is 1.79. The number of hydrogen-bond acceptors (Lipinski definition) is 2. The summed E-state index contributed by atoms with van der Waals surface area (Å²) in [4.78, 5) is 22.1. The van der Waals surface area contributed by atoms with Crippen LogP contribution < -0.4 is 5.32 Å². The molecule has 0 unspecified atom stereocenters. The van der Waals surface area contributed by atoms with Crippen LogP contribution in [0.2, 0.25) is 0 Å². The fourth-order valence-corrected chi connectivity index (χ4v) is 1.79. The Morgan fingerprint density at radius 1 is 1.44 bits per heavy atom. The number of carboxylic acid groups (broad SMARTS) is 1. The average molecular weight is 250 g/mol. The van der Waals surface area contributed by atoms with Crippen LogP contribution in [0.1, 0.15) is 10.5 Å². The van der Waals surface area contributed by atoms with Crippen LogP contribution in [-0.4, -0.2) is 28.1 Å². The number of nitrogens with one attached hydrogen (secondary N) is 1. The van der Waals surface area contributed by atoms with Crippen LogP contribution >= 0.6 is 0 Å². The van der Waals surface area contributed by atoms with Gasteiger partial charge in [0, 0.05) is 12.4 Å².